The van der Waals surface area contributed by atoms with Gasteiger partial charge in [-0.3, -0.25) is 4.79 Å². The fourth-order valence-electron chi connectivity index (χ4n) is 4.45. The maximum atomic E-state index is 13.0. The van der Waals surface area contributed by atoms with Gasteiger partial charge >= 0.3 is 0 Å². The topological polar surface area (TPSA) is 49.8 Å². The average molecular weight is 380 g/mol. The lowest BCUT2D eigenvalue weighted by Gasteiger charge is -2.32. The van der Waals surface area contributed by atoms with Crippen LogP contribution in [-0.4, -0.2) is 41.2 Å². The number of aliphatic hydroxyl groups is 1. The molecular weight excluding hydrogens is 350 g/mol. The first-order chi connectivity index (χ1) is 13.3. The number of benzene rings is 2. The molecule has 1 saturated carbocycles. The summed E-state index contributed by atoms with van der Waals surface area (Å²) in [5.74, 6) is 1.39. The smallest absolute Gasteiger partial charge is 0.253 e. The number of hydrogen-bond acceptors (Lipinski definition) is 3. The Kier molecular flexibility index (Phi) is 4.70. The van der Waals surface area contributed by atoms with Crippen molar-refractivity contribution in [3.05, 3.63) is 65.2 Å². The van der Waals surface area contributed by atoms with Crippen molar-refractivity contribution in [2.45, 2.75) is 44.6 Å². The Labute approximate surface area is 167 Å². The average Bonchev–Trinajstić information content (AvgIpc) is 3.41. The third-order valence-electron chi connectivity index (χ3n) is 6.14. The molecule has 4 rings (SSSR count). The largest absolute Gasteiger partial charge is 0.490 e. The molecule has 2 aliphatic rings. The lowest BCUT2D eigenvalue weighted by Crippen LogP contribution is -2.40. The molecule has 0 spiro atoms. The van der Waals surface area contributed by atoms with E-state index in [0.717, 1.165) is 25.1 Å². The second-order valence-corrected chi connectivity index (χ2v) is 9.01. The molecule has 1 saturated heterocycles. The summed E-state index contributed by atoms with van der Waals surface area (Å²) in [5, 5.41) is 9.83. The zero-order valence-electron chi connectivity index (χ0n) is 16.9. The summed E-state index contributed by atoms with van der Waals surface area (Å²) in [6.07, 6.45) is 2.22. The van der Waals surface area contributed by atoms with Crippen LogP contribution in [0.4, 0.5) is 0 Å². The Morgan fingerprint density at radius 3 is 2.64 bits per heavy atom. The van der Waals surface area contributed by atoms with Gasteiger partial charge in [0.2, 0.25) is 0 Å². The summed E-state index contributed by atoms with van der Waals surface area (Å²) in [5.41, 5.74) is 2.46. The van der Waals surface area contributed by atoms with E-state index in [1.165, 1.54) is 12.0 Å². The van der Waals surface area contributed by atoms with E-state index in [4.69, 9.17) is 4.74 Å². The molecule has 2 fully saturated rings. The molecule has 0 bridgehead atoms. The highest BCUT2D eigenvalue weighted by Gasteiger charge is 2.57. The minimum Gasteiger partial charge on any atom is -0.490 e. The van der Waals surface area contributed by atoms with Gasteiger partial charge in [0, 0.05) is 24.1 Å². The number of carbonyl (C=O) groups excluding carboxylic acids is 1. The van der Waals surface area contributed by atoms with Gasteiger partial charge < -0.3 is 14.7 Å². The van der Waals surface area contributed by atoms with Crippen molar-refractivity contribution in [2.24, 2.45) is 5.92 Å². The highest BCUT2D eigenvalue weighted by atomic mass is 16.5. The van der Waals surface area contributed by atoms with E-state index in [9.17, 15) is 9.90 Å². The number of rotatable bonds is 5. The summed E-state index contributed by atoms with van der Waals surface area (Å²) in [6, 6.07) is 16.3. The predicted molar refractivity (Wildman–Crippen MR) is 110 cm³/mol. The number of ether oxygens (including phenoxy) is 1. The SMILES string of the molecule is Cc1cc(C(=O)N2CC[C@@]3(c4ccccc4)C[C@H]3C2)ccc1OCC(C)(C)O. The molecule has 148 valence electrons. The minimum absolute atomic E-state index is 0.102. The van der Waals surface area contributed by atoms with Crippen LogP contribution in [-0.2, 0) is 5.41 Å². The number of nitrogens with zero attached hydrogens (tertiary/aromatic N) is 1. The number of fused-ring (bicyclic) bond motifs is 1. The Bertz CT molecular complexity index is 871. The van der Waals surface area contributed by atoms with Gasteiger partial charge in [0.05, 0.1) is 5.60 Å². The first-order valence-electron chi connectivity index (χ1n) is 10.1. The molecule has 28 heavy (non-hydrogen) atoms. The van der Waals surface area contributed by atoms with E-state index in [-0.39, 0.29) is 12.5 Å². The van der Waals surface area contributed by atoms with Gasteiger partial charge in [-0.2, -0.15) is 0 Å². The maximum Gasteiger partial charge on any atom is 0.253 e. The van der Waals surface area contributed by atoms with E-state index < -0.39 is 5.60 Å². The third-order valence-corrected chi connectivity index (χ3v) is 6.14. The molecule has 1 aliphatic carbocycles. The van der Waals surface area contributed by atoms with Gasteiger partial charge in [-0.15, -0.1) is 0 Å². The highest BCUT2D eigenvalue weighted by molar-refractivity contribution is 5.94. The number of piperidine rings is 1. The second kappa shape index (κ2) is 6.93. The summed E-state index contributed by atoms with van der Waals surface area (Å²) < 4.78 is 5.69. The predicted octanol–water partition coefficient (Wildman–Crippen LogP) is 3.95. The molecule has 0 radical (unpaired) electrons. The van der Waals surface area contributed by atoms with Crippen LogP contribution in [0, 0.1) is 12.8 Å². The van der Waals surface area contributed by atoms with E-state index in [1.807, 2.05) is 30.0 Å². The van der Waals surface area contributed by atoms with Gasteiger partial charge in [-0.1, -0.05) is 30.3 Å². The monoisotopic (exact) mass is 379 g/mol. The van der Waals surface area contributed by atoms with E-state index in [0.29, 0.717) is 22.6 Å². The zero-order chi connectivity index (χ0) is 19.9. The molecule has 1 amide bonds. The second-order valence-electron chi connectivity index (χ2n) is 9.01. The van der Waals surface area contributed by atoms with E-state index in [2.05, 4.69) is 30.3 Å². The molecular formula is C24H29NO3. The number of hydrogen-bond donors (Lipinski definition) is 1. The van der Waals surface area contributed by atoms with Crippen LogP contribution in [0.1, 0.15) is 48.2 Å². The lowest BCUT2D eigenvalue weighted by atomic mass is 9.87. The van der Waals surface area contributed by atoms with Gasteiger partial charge in [0.1, 0.15) is 12.4 Å². The van der Waals surface area contributed by atoms with Crippen molar-refractivity contribution in [3.63, 3.8) is 0 Å². The molecule has 1 N–H and O–H groups in total. The minimum atomic E-state index is -0.885. The van der Waals surface area contributed by atoms with Crippen LogP contribution >= 0.6 is 0 Å². The Balaban J connectivity index is 1.42. The number of amides is 1. The van der Waals surface area contributed by atoms with Crippen molar-refractivity contribution < 1.29 is 14.6 Å². The first-order valence-corrected chi connectivity index (χ1v) is 10.1. The number of aryl methyl sites for hydroxylation is 1. The molecule has 1 heterocycles. The van der Waals surface area contributed by atoms with Crippen LogP contribution in [0.2, 0.25) is 0 Å². The van der Waals surface area contributed by atoms with Crippen LogP contribution < -0.4 is 4.74 Å². The number of carbonyl (C=O) groups is 1. The molecule has 0 aromatic heterocycles. The van der Waals surface area contributed by atoms with Crippen LogP contribution in [0.25, 0.3) is 0 Å². The van der Waals surface area contributed by atoms with Crippen LogP contribution in [0.15, 0.2) is 48.5 Å². The van der Waals surface area contributed by atoms with Crippen molar-refractivity contribution >= 4 is 5.91 Å². The van der Waals surface area contributed by atoms with Crippen LogP contribution in [0.5, 0.6) is 5.75 Å². The fourth-order valence-corrected chi connectivity index (χ4v) is 4.45. The summed E-state index contributed by atoms with van der Waals surface area (Å²) in [7, 11) is 0. The van der Waals surface area contributed by atoms with Gasteiger partial charge in [0.25, 0.3) is 5.91 Å². The first kappa shape index (κ1) is 19.0. The van der Waals surface area contributed by atoms with Gasteiger partial charge in [0.15, 0.2) is 0 Å². The summed E-state index contributed by atoms with van der Waals surface area (Å²) in [4.78, 5) is 15.0. The highest BCUT2D eigenvalue weighted by Crippen LogP contribution is 2.59. The van der Waals surface area contributed by atoms with E-state index >= 15 is 0 Å². The van der Waals surface area contributed by atoms with Crippen molar-refractivity contribution in [3.8, 4) is 5.75 Å². The Hall–Kier alpha value is -2.33. The van der Waals surface area contributed by atoms with Crippen LogP contribution in [0.3, 0.4) is 0 Å². The molecule has 2 atom stereocenters. The Morgan fingerprint density at radius 1 is 1.25 bits per heavy atom. The molecule has 2 aromatic rings. The molecule has 4 nitrogen and oxygen atoms in total. The standard InChI is InChI=1S/C24H29NO3/c1-17-13-18(9-10-21(17)28-16-23(2,3)27)22(26)25-12-11-24(14-20(24)15-25)19-7-5-4-6-8-19/h4-10,13,20,27H,11-12,14-16H2,1-3H3/t20-,24-/m0/s1. The molecule has 2 aromatic carbocycles. The molecule has 4 heteroatoms. The summed E-state index contributed by atoms with van der Waals surface area (Å²) in [6.45, 7) is 7.22. The molecule has 1 aliphatic heterocycles. The zero-order valence-corrected chi connectivity index (χ0v) is 16.9. The Morgan fingerprint density at radius 2 is 2.00 bits per heavy atom. The normalized spacial score (nSPS) is 23.9. The van der Waals surface area contributed by atoms with E-state index in [1.54, 1.807) is 13.8 Å². The van der Waals surface area contributed by atoms with Gasteiger partial charge in [-0.05, 0) is 68.9 Å². The quantitative estimate of drug-likeness (QED) is 0.856. The third kappa shape index (κ3) is 3.66. The number of likely N-dealkylation sites (tertiary alicyclic amines) is 1. The van der Waals surface area contributed by atoms with Crippen molar-refractivity contribution in [1.82, 2.24) is 4.90 Å². The van der Waals surface area contributed by atoms with Crippen molar-refractivity contribution in [2.75, 3.05) is 19.7 Å². The maximum absolute atomic E-state index is 13.0. The summed E-state index contributed by atoms with van der Waals surface area (Å²) >= 11 is 0. The van der Waals surface area contributed by atoms with Gasteiger partial charge in [-0.25, -0.2) is 0 Å². The fraction of sp³-hybridized carbons (Fsp3) is 0.458. The lowest BCUT2D eigenvalue weighted by molar-refractivity contribution is 0.0282. The molecule has 0 unspecified atom stereocenters. The van der Waals surface area contributed by atoms with Crippen molar-refractivity contribution in [1.29, 1.82) is 0 Å².